The zero-order valence-electron chi connectivity index (χ0n) is 17.0. The zero-order valence-corrected chi connectivity index (χ0v) is 17.0. The summed E-state index contributed by atoms with van der Waals surface area (Å²) in [6.07, 6.45) is 3.31. The van der Waals surface area contributed by atoms with Crippen molar-refractivity contribution in [1.29, 1.82) is 0 Å². The van der Waals surface area contributed by atoms with Gasteiger partial charge in [0.25, 0.3) is 5.91 Å². The third kappa shape index (κ3) is 3.85. The molecule has 0 aliphatic carbocycles. The molecule has 4 rings (SSSR count). The Labute approximate surface area is 169 Å². The summed E-state index contributed by atoms with van der Waals surface area (Å²) < 4.78 is 1.87. The molecule has 0 unspecified atom stereocenters. The van der Waals surface area contributed by atoms with E-state index >= 15 is 0 Å². The number of benzene rings is 1. The molecule has 7 heteroatoms. The third-order valence-corrected chi connectivity index (χ3v) is 5.11. The number of rotatable bonds is 4. The molecular formula is C22H25N5O2. The van der Waals surface area contributed by atoms with E-state index in [-0.39, 0.29) is 17.2 Å². The van der Waals surface area contributed by atoms with Crippen molar-refractivity contribution in [3.63, 3.8) is 0 Å². The topological polar surface area (TPSA) is 79.6 Å². The highest BCUT2D eigenvalue weighted by Gasteiger charge is 2.22. The molecule has 3 aromatic rings. The van der Waals surface area contributed by atoms with Crippen LogP contribution in [0.25, 0.3) is 5.65 Å². The van der Waals surface area contributed by atoms with Gasteiger partial charge in [0.1, 0.15) is 5.82 Å². The Bertz CT molecular complexity index is 1060. The molecule has 0 radical (unpaired) electrons. The first kappa shape index (κ1) is 19.1. The second kappa shape index (κ2) is 7.31. The van der Waals surface area contributed by atoms with Gasteiger partial charge in [0.15, 0.2) is 5.65 Å². The van der Waals surface area contributed by atoms with E-state index in [0.29, 0.717) is 18.5 Å². The smallest absolute Gasteiger partial charge is 0.253 e. The highest BCUT2D eigenvalue weighted by atomic mass is 16.2. The van der Waals surface area contributed by atoms with E-state index < -0.39 is 0 Å². The highest BCUT2D eigenvalue weighted by Crippen LogP contribution is 2.22. The summed E-state index contributed by atoms with van der Waals surface area (Å²) in [7, 11) is 0. The summed E-state index contributed by atoms with van der Waals surface area (Å²) >= 11 is 0. The maximum Gasteiger partial charge on any atom is 0.253 e. The number of anilines is 1. The van der Waals surface area contributed by atoms with Crippen LogP contribution in [0.3, 0.4) is 0 Å². The number of carbonyl (C=O) groups excluding carboxylic acids is 2. The van der Waals surface area contributed by atoms with E-state index in [1.165, 1.54) is 0 Å². The molecule has 0 saturated carbocycles. The summed E-state index contributed by atoms with van der Waals surface area (Å²) in [6, 6.07) is 11.3. The molecular weight excluding hydrogens is 366 g/mol. The molecule has 0 atom stereocenters. The van der Waals surface area contributed by atoms with Crippen LogP contribution in [0.4, 0.5) is 5.69 Å². The van der Waals surface area contributed by atoms with Crippen LogP contribution in [0.15, 0.2) is 42.6 Å². The van der Waals surface area contributed by atoms with Crippen molar-refractivity contribution in [2.45, 2.75) is 45.6 Å². The van der Waals surface area contributed by atoms with Crippen molar-refractivity contribution in [2.75, 3.05) is 11.4 Å². The number of aromatic nitrogens is 3. The fraction of sp³-hybridized carbons (Fsp3) is 0.364. The second-order valence-corrected chi connectivity index (χ2v) is 8.42. The molecule has 0 bridgehead atoms. The molecule has 1 saturated heterocycles. The number of fused-ring (bicyclic) bond motifs is 1. The Morgan fingerprint density at radius 1 is 1.10 bits per heavy atom. The van der Waals surface area contributed by atoms with Crippen LogP contribution >= 0.6 is 0 Å². The molecule has 0 spiro atoms. The lowest BCUT2D eigenvalue weighted by Crippen LogP contribution is -2.24. The SMILES string of the molecule is CC(C)(C)c1nnc2ccc(C(=O)NCc3ccc(N4CCCC4=O)cc3)cn12. The van der Waals surface area contributed by atoms with Crippen molar-refractivity contribution in [2.24, 2.45) is 0 Å². The fourth-order valence-electron chi connectivity index (χ4n) is 3.54. The van der Waals surface area contributed by atoms with Crippen molar-refractivity contribution < 1.29 is 9.59 Å². The molecule has 2 amide bonds. The van der Waals surface area contributed by atoms with Gasteiger partial charge in [-0.1, -0.05) is 32.9 Å². The third-order valence-electron chi connectivity index (χ3n) is 5.11. The first-order chi connectivity index (χ1) is 13.8. The highest BCUT2D eigenvalue weighted by molar-refractivity contribution is 5.95. The summed E-state index contributed by atoms with van der Waals surface area (Å²) in [5, 5.41) is 11.4. The first-order valence-electron chi connectivity index (χ1n) is 9.86. The van der Waals surface area contributed by atoms with E-state index in [1.54, 1.807) is 18.3 Å². The lowest BCUT2D eigenvalue weighted by molar-refractivity contribution is -0.117. The van der Waals surface area contributed by atoms with Gasteiger partial charge >= 0.3 is 0 Å². The van der Waals surface area contributed by atoms with E-state index in [2.05, 4.69) is 36.3 Å². The maximum atomic E-state index is 12.6. The number of nitrogens with zero attached hydrogens (tertiary/aromatic N) is 4. The largest absolute Gasteiger partial charge is 0.348 e. The predicted octanol–water partition coefficient (Wildman–Crippen LogP) is 3.08. The van der Waals surface area contributed by atoms with Crippen LogP contribution in [0.2, 0.25) is 0 Å². The van der Waals surface area contributed by atoms with Gasteiger partial charge in [-0.3, -0.25) is 14.0 Å². The fourth-order valence-corrected chi connectivity index (χ4v) is 3.54. The lowest BCUT2D eigenvalue weighted by Gasteiger charge is -2.16. The van der Waals surface area contributed by atoms with E-state index in [9.17, 15) is 9.59 Å². The summed E-state index contributed by atoms with van der Waals surface area (Å²) in [4.78, 5) is 26.3. The molecule has 29 heavy (non-hydrogen) atoms. The second-order valence-electron chi connectivity index (χ2n) is 8.42. The number of nitrogens with one attached hydrogen (secondary N) is 1. The minimum Gasteiger partial charge on any atom is -0.348 e. The zero-order chi connectivity index (χ0) is 20.6. The number of amides is 2. The van der Waals surface area contributed by atoms with Crippen LogP contribution in [-0.2, 0) is 16.8 Å². The van der Waals surface area contributed by atoms with Gasteiger partial charge in [-0.05, 0) is 36.2 Å². The van der Waals surface area contributed by atoms with Gasteiger partial charge in [-0.15, -0.1) is 10.2 Å². The Kier molecular flexibility index (Phi) is 4.82. The van der Waals surface area contributed by atoms with Crippen LogP contribution in [0.5, 0.6) is 0 Å². The number of hydrogen-bond donors (Lipinski definition) is 1. The Morgan fingerprint density at radius 3 is 2.52 bits per heavy atom. The van der Waals surface area contributed by atoms with Crippen LogP contribution in [0, 0.1) is 0 Å². The van der Waals surface area contributed by atoms with Crippen molar-refractivity contribution in [3.8, 4) is 0 Å². The Hall–Kier alpha value is -3.22. The molecule has 1 aliphatic heterocycles. The predicted molar refractivity (Wildman–Crippen MR) is 111 cm³/mol. The van der Waals surface area contributed by atoms with E-state index in [0.717, 1.165) is 35.7 Å². The van der Waals surface area contributed by atoms with Gasteiger partial charge in [0.05, 0.1) is 5.56 Å². The minimum atomic E-state index is -0.174. The number of carbonyl (C=O) groups is 2. The standard InChI is InChI=1S/C22H25N5O2/c1-22(2,3)21-25-24-18-11-8-16(14-27(18)21)20(29)23-13-15-6-9-17(10-7-15)26-12-4-5-19(26)28/h6-11,14H,4-5,12-13H2,1-3H3,(H,23,29). The lowest BCUT2D eigenvalue weighted by atomic mass is 9.96. The van der Waals surface area contributed by atoms with Crippen molar-refractivity contribution in [1.82, 2.24) is 19.9 Å². The minimum absolute atomic E-state index is 0.153. The summed E-state index contributed by atoms with van der Waals surface area (Å²) in [6.45, 7) is 7.39. The Balaban J connectivity index is 1.45. The molecule has 1 N–H and O–H groups in total. The number of hydrogen-bond acceptors (Lipinski definition) is 4. The van der Waals surface area contributed by atoms with Crippen LogP contribution < -0.4 is 10.2 Å². The molecule has 1 aromatic carbocycles. The van der Waals surface area contributed by atoms with Crippen LogP contribution in [-0.4, -0.2) is 33.0 Å². The van der Waals surface area contributed by atoms with Gasteiger partial charge in [-0.25, -0.2) is 0 Å². The molecule has 1 aliphatic rings. The maximum absolute atomic E-state index is 12.6. The molecule has 150 valence electrons. The average Bonchev–Trinajstić information content (AvgIpc) is 3.31. The molecule has 1 fully saturated rings. The molecule has 2 aromatic heterocycles. The summed E-state index contributed by atoms with van der Waals surface area (Å²) in [5.41, 5.74) is 3.00. The Morgan fingerprint density at radius 2 is 1.86 bits per heavy atom. The average molecular weight is 391 g/mol. The monoisotopic (exact) mass is 391 g/mol. The van der Waals surface area contributed by atoms with Gasteiger partial charge in [0.2, 0.25) is 5.91 Å². The van der Waals surface area contributed by atoms with E-state index in [1.807, 2.05) is 33.6 Å². The van der Waals surface area contributed by atoms with E-state index in [4.69, 9.17) is 0 Å². The summed E-state index contributed by atoms with van der Waals surface area (Å²) in [5.74, 6) is 0.832. The number of pyridine rings is 1. The van der Waals surface area contributed by atoms with Crippen molar-refractivity contribution in [3.05, 3.63) is 59.5 Å². The van der Waals surface area contributed by atoms with Gasteiger partial charge in [-0.2, -0.15) is 0 Å². The van der Waals surface area contributed by atoms with Crippen molar-refractivity contribution >= 4 is 23.1 Å². The van der Waals surface area contributed by atoms with Gasteiger partial charge in [0, 0.05) is 36.8 Å². The van der Waals surface area contributed by atoms with Crippen LogP contribution in [0.1, 0.15) is 55.4 Å². The molecule has 7 nitrogen and oxygen atoms in total. The normalized spacial score (nSPS) is 14.6. The first-order valence-corrected chi connectivity index (χ1v) is 9.86. The quantitative estimate of drug-likeness (QED) is 0.741. The molecule has 3 heterocycles. The van der Waals surface area contributed by atoms with Gasteiger partial charge < -0.3 is 10.2 Å².